The van der Waals surface area contributed by atoms with Gasteiger partial charge in [-0.25, -0.2) is 0 Å². The molecule has 1 aromatic heterocycles. The fraction of sp³-hybridized carbons (Fsp3) is 0.0833. The molecule has 0 saturated heterocycles. The zero-order valence-electron chi connectivity index (χ0n) is 9.07. The number of hydrogen-bond acceptors (Lipinski definition) is 2. The van der Waals surface area contributed by atoms with Crippen molar-refractivity contribution in [3.8, 4) is 11.3 Å². The Hall–Kier alpha value is -1.26. The van der Waals surface area contributed by atoms with Gasteiger partial charge in [0.25, 0.3) is 5.91 Å². The second kappa shape index (κ2) is 5.38. The van der Waals surface area contributed by atoms with Crippen molar-refractivity contribution >= 4 is 34.2 Å². The normalized spacial score (nSPS) is 9.76. The van der Waals surface area contributed by atoms with Gasteiger partial charge in [-0.15, -0.1) is 12.4 Å². The van der Waals surface area contributed by atoms with E-state index in [9.17, 15) is 4.79 Å². The van der Waals surface area contributed by atoms with E-state index in [1.807, 2.05) is 25.1 Å². The van der Waals surface area contributed by atoms with Crippen molar-refractivity contribution < 1.29 is 9.21 Å². The monoisotopic (exact) mass is 315 g/mol. The molecule has 3 nitrogen and oxygen atoms in total. The maximum Gasteiger partial charge on any atom is 0.284 e. The fourth-order valence-electron chi connectivity index (χ4n) is 1.52. The van der Waals surface area contributed by atoms with Crippen molar-refractivity contribution in [3.05, 3.63) is 46.1 Å². The Morgan fingerprint density at radius 1 is 1.29 bits per heavy atom. The number of aryl methyl sites for hydroxylation is 1. The van der Waals surface area contributed by atoms with Crippen molar-refractivity contribution in [2.75, 3.05) is 0 Å². The summed E-state index contributed by atoms with van der Waals surface area (Å²) in [6.45, 7) is 1.98. The molecule has 0 aliphatic carbocycles. The van der Waals surface area contributed by atoms with Crippen LogP contribution in [0.5, 0.6) is 0 Å². The summed E-state index contributed by atoms with van der Waals surface area (Å²) < 4.78 is 6.37. The molecular weight excluding hydrogens is 305 g/mol. The van der Waals surface area contributed by atoms with Gasteiger partial charge >= 0.3 is 0 Å². The third-order valence-corrected chi connectivity index (χ3v) is 2.80. The van der Waals surface area contributed by atoms with Gasteiger partial charge in [-0.1, -0.05) is 15.9 Å². The van der Waals surface area contributed by atoms with Crippen LogP contribution in [0.15, 0.2) is 39.2 Å². The highest BCUT2D eigenvalue weighted by molar-refractivity contribution is 9.10. The lowest BCUT2D eigenvalue weighted by atomic mass is 10.1. The number of halogens is 2. The standard InChI is InChI=1S/C12H10BrNO2.ClH/c1-7-6-8(13)2-3-9(7)10-4-5-11(16-10)12(14)15;/h2-6H,1H3,(H2,14,15);1H. The average Bonchev–Trinajstić information content (AvgIpc) is 2.66. The molecule has 0 unspecified atom stereocenters. The predicted octanol–water partition coefficient (Wildman–Crippen LogP) is 3.54. The van der Waals surface area contributed by atoms with E-state index in [-0.39, 0.29) is 18.2 Å². The topological polar surface area (TPSA) is 56.2 Å². The smallest absolute Gasteiger partial charge is 0.284 e. The molecule has 0 bridgehead atoms. The fourth-order valence-corrected chi connectivity index (χ4v) is 1.99. The van der Waals surface area contributed by atoms with E-state index in [0.717, 1.165) is 15.6 Å². The van der Waals surface area contributed by atoms with Gasteiger partial charge in [-0.2, -0.15) is 0 Å². The molecule has 0 saturated carbocycles. The van der Waals surface area contributed by atoms with E-state index in [0.29, 0.717) is 5.76 Å². The largest absolute Gasteiger partial charge is 0.451 e. The summed E-state index contributed by atoms with van der Waals surface area (Å²) in [5, 5.41) is 0. The first-order chi connectivity index (χ1) is 7.58. The Kier molecular flexibility index (Phi) is 4.37. The summed E-state index contributed by atoms with van der Waals surface area (Å²) >= 11 is 3.39. The van der Waals surface area contributed by atoms with Gasteiger partial charge in [-0.05, 0) is 42.8 Å². The summed E-state index contributed by atoms with van der Waals surface area (Å²) in [5.41, 5.74) is 7.15. The number of furan rings is 1. The van der Waals surface area contributed by atoms with Crippen molar-refractivity contribution in [2.45, 2.75) is 6.92 Å². The molecule has 1 heterocycles. The maximum absolute atomic E-state index is 10.9. The number of carbonyl (C=O) groups excluding carboxylic acids is 1. The van der Waals surface area contributed by atoms with Gasteiger partial charge < -0.3 is 10.2 Å². The van der Waals surface area contributed by atoms with Crippen LogP contribution in [-0.2, 0) is 0 Å². The van der Waals surface area contributed by atoms with Crippen LogP contribution in [0.3, 0.4) is 0 Å². The van der Waals surface area contributed by atoms with Crippen molar-refractivity contribution in [2.24, 2.45) is 5.73 Å². The lowest BCUT2D eigenvalue weighted by Crippen LogP contribution is -2.09. The third-order valence-electron chi connectivity index (χ3n) is 2.30. The van der Waals surface area contributed by atoms with E-state index < -0.39 is 5.91 Å². The Morgan fingerprint density at radius 3 is 2.53 bits per heavy atom. The number of hydrogen-bond donors (Lipinski definition) is 1. The first kappa shape index (κ1) is 13.8. The van der Waals surface area contributed by atoms with Crippen LogP contribution in [0.25, 0.3) is 11.3 Å². The summed E-state index contributed by atoms with van der Waals surface area (Å²) in [6.07, 6.45) is 0. The van der Waals surface area contributed by atoms with Crippen LogP contribution >= 0.6 is 28.3 Å². The number of amides is 1. The molecule has 0 atom stereocenters. The van der Waals surface area contributed by atoms with Gasteiger partial charge in [0.1, 0.15) is 5.76 Å². The second-order valence-electron chi connectivity index (χ2n) is 3.49. The quantitative estimate of drug-likeness (QED) is 0.921. The second-order valence-corrected chi connectivity index (χ2v) is 4.40. The zero-order valence-corrected chi connectivity index (χ0v) is 11.5. The summed E-state index contributed by atoms with van der Waals surface area (Å²) in [7, 11) is 0. The van der Waals surface area contributed by atoms with E-state index in [2.05, 4.69) is 15.9 Å². The minimum atomic E-state index is -0.555. The summed E-state index contributed by atoms with van der Waals surface area (Å²) in [5.74, 6) is 0.275. The Bertz CT molecular complexity index is 551. The molecule has 0 radical (unpaired) electrons. The van der Waals surface area contributed by atoms with Gasteiger partial charge in [-0.3, -0.25) is 4.79 Å². The van der Waals surface area contributed by atoms with Gasteiger partial charge in [0.15, 0.2) is 5.76 Å². The molecule has 0 aliphatic heterocycles. The molecule has 17 heavy (non-hydrogen) atoms. The average molecular weight is 317 g/mol. The molecule has 0 spiro atoms. The van der Waals surface area contributed by atoms with Crippen LogP contribution < -0.4 is 5.73 Å². The van der Waals surface area contributed by atoms with E-state index in [4.69, 9.17) is 10.2 Å². The number of benzene rings is 1. The number of nitrogens with two attached hydrogens (primary N) is 1. The predicted molar refractivity (Wildman–Crippen MR) is 72.3 cm³/mol. The van der Waals surface area contributed by atoms with E-state index in [1.165, 1.54) is 0 Å². The highest BCUT2D eigenvalue weighted by Crippen LogP contribution is 2.27. The first-order valence-corrected chi connectivity index (χ1v) is 5.53. The zero-order chi connectivity index (χ0) is 11.7. The van der Waals surface area contributed by atoms with Crippen molar-refractivity contribution in [1.29, 1.82) is 0 Å². The van der Waals surface area contributed by atoms with Crippen LogP contribution in [0.4, 0.5) is 0 Å². The van der Waals surface area contributed by atoms with Gasteiger partial charge in [0, 0.05) is 10.0 Å². The number of carbonyl (C=O) groups is 1. The SMILES string of the molecule is Cc1cc(Br)ccc1-c1ccc(C(N)=O)o1.Cl. The molecule has 2 rings (SSSR count). The van der Waals surface area contributed by atoms with Gasteiger partial charge in [0.05, 0.1) is 0 Å². The van der Waals surface area contributed by atoms with Crippen molar-refractivity contribution in [1.82, 2.24) is 0 Å². The molecule has 1 amide bonds. The molecular formula is C12H11BrClNO2. The molecule has 0 aliphatic rings. The van der Waals surface area contributed by atoms with Crippen LogP contribution in [0.1, 0.15) is 16.1 Å². The highest BCUT2D eigenvalue weighted by atomic mass is 79.9. The lowest BCUT2D eigenvalue weighted by molar-refractivity contribution is 0.0974. The summed E-state index contributed by atoms with van der Waals surface area (Å²) in [4.78, 5) is 10.9. The number of rotatable bonds is 2. The van der Waals surface area contributed by atoms with Crippen LogP contribution in [0.2, 0.25) is 0 Å². The molecule has 0 fully saturated rings. The lowest BCUT2D eigenvalue weighted by Gasteiger charge is -2.02. The van der Waals surface area contributed by atoms with Crippen molar-refractivity contribution in [3.63, 3.8) is 0 Å². The third kappa shape index (κ3) is 2.90. The Balaban J connectivity index is 0.00000144. The van der Waals surface area contributed by atoms with Crippen LogP contribution in [-0.4, -0.2) is 5.91 Å². The maximum atomic E-state index is 10.9. The van der Waals surface area contributed by atoms with E-state index >= 15 is 0 Å². The molecule has 5 heteroatoms. The first-order valence-electron chi connectivity index (χ1n) is 4.74. The minimum Gasteiger partial charge on any atom is -0.451 e. The highest BCUT2D eigenvalue weighted by Gasteiger charge is 2.10. The van der Waals surface area contributed by atoms with Crippen LogP contribution in [0, 0.1) is 6.92 Å². The molecule has 2 aromatic rings. The minimum absolute atomic E-state index is 0. The molecule has 2 N–H and O–H groups in total. The van der Waals surface area contributed by atoms with Gasteiger partial charge in [0.2, 0.25) is 0 Å². The van der Waals surface area contributed by atoms with E-state index in [1.54, 1.807) is 12.1 Å². The number of primary amides is 1. The Morgan fingerprint density at radius 2 is 2.00 bits per heavy atom. The summed E-state index contributed by atoms with van der Waals surface area (Å²) in [6, 6.07) is 9.18. The molecule has 90 valence electrons. The molecule has 1 aromatic carbocycles. The Labute approximate surface area is 114 Å².